The van der Waals surface area contributed by atoms with Gasteiger partial charge in [0, 0.05) is 45.7 Å². The van der Waals surface area contributed by atoms with E-state index in [9.17, 15) is 24.0 Å². The molecule has 0 spiro atoms. The summed E-state index contributed by atoms with van der Waals surface area (Å²) in [7, 11) is 0. The first-order valence-corrected chi connectivity index (χ1v) is 7.75. The molecule has 0 heterocycles. The van der Waals surface area contributed by atoms with Crippen molar-refractivity contribution in [2.24, 2.45) is 0 Å². The van der Waals surface area contributed by atoms with Crippen LogP contribution < -0.4 is 12.3 Å². The van der Waals surface area contributed by atoms with Gasteiger partial charge in [-0.1, -0.05) is 0 Å². The predicted octanol–water partition coefficient (Wildman–Crippen LogP) is -2.36. The van der Waals surface area contributed by atoms with E-state index in [1.807, 2.05) is 0 Å². The number of aliphatic carboxylic acids is 5. The van der Waals surface area contributed by atoms with E-state index < -0.39 is 62.6 Å². The topological polar surface area (TPSA) is 266 Å². The maximum atomic E-state index is 11.0. The molecule has 0 bridgehead atoms. The summed E-state index contributed by atoms with van der Waals surface area (Å²) < 4.78 is 0. The minimum Gasteiger partial charge on any atom is -0.480 e. The molecule has 0 saturated heterocycles. The number of hydrogen-bond donors (Lipinski definition) is 7. The van der Waals surface area contributed by atoms with E-state index in [1.165, 1.54) is 4.90 Å². The Labute approximate surface area is 185 Å². The van der Waals surface area contributed by atoms with E-state index in [0.717, 1.165) is 9.80 Å². The van der Waals surface area contributed by atoms with Crippen LogP contribution in [0.3, 0.4) is 0 Å². The van der Waals surface area contributed by atoms with Crippen molar-refractivity contribution in [3.05, 3.63) is 0 Å². The number of carbonyl (C=O) groups is 5. The molecule has 0 aromatic heterocycles. The SMILES string of the molecule is N.N.O=C(O)CN(CCN(CC(=O)O)CC(=O)O)CCN(CC(=O)O)CC(=O)O.[Ru]. The fourth-order valence-electron chi connectivity index (χ4n) is 2.22. The molecule has 16 heteroatoms. The van der Waals surface area contributed by atoms with Gasteiger partial charge in [0.1, 0.15) is 0 Å². The average molecular weight is 528 g/mol. The Hall–Kier alpha value is -2.23. The van der Waals surface area contributed by atoms with Gasteiger partial charge in [-0.25, -0.2) is 0 Å². The van der Waals surface area contributed by atoms with Crippen LogP contribution in [0.2, 0.25) is 0 Å². The van der Waals surface area contributed by atoms with Crippen molar-refractivity contribution >= 4 is 29.8 Å². The Kier molecular flexibility index (Phi) is 22.1. The van der Waals surface area contributed by atoms with Crippen LogP contribution in [0.1, 0.15) is 0 Å². The van der Waals surface area contributed by atoms with Crippen LogP contribution in [-0.4, -0.2) is 129 Å². The first kappa shape index (κ1) is 35.2. The van der Waals surface area contributed by atoms with Crippen LogP contribution in [-0.2, 0) is 43.5 Å². The summed E-state index contributed by atoms with van der Waals surface area (Å²) in [6, 6.07) is 0. The van der Waals surface area contributed by atoms with Gasteiger partial charge in [0.2, 0.25) is 0 Å². The Morgan fingerprint density at radius 3 is 0.800 bits per heavy atom. The van der Waals surface area contributed by atoms with Gasteiger partial charge >= 0.3 is 29.8 Å². The second kappa shape index (κ2) is 18.8. The molecule has 0 fully saturated rings. The smallest absolute Gasteiger partial charge is 0.317 e. The second-order valence-corrected chi connectivity index (χ2v) is 5.67. The fourth-order valence-corrected chi connectivity index (χ4v) is 2.22. The van der Waals surface area contributed by atoms with E-state index >= 15 is 0 Å². The molecule has 0 amide bonds. The van der Waals surface area contributed by atoms with Gasteiger partial charge in [-0.05, 0) is 0 Å². The van der Waals surface area contributed by atoms with Crippen LogP contribution in [0.4, 0.5) is 0 Å². The van der Waals surface area contributed by atoms with Gasteiger partial charge in [0.05, 0.1) is 32.7 Å². The second-order valence-electron chi connectivity index (χ2n) is 5.67. The predicted molar refractivity (Wildman–Crippen MR) is 97.5 cm³/mol. The molecule has 0 atom stereocenters. The summed E-state index contributed by atoms with van der Waals surface area (Å²) in [4.78, 5) is 57.6. The zero-order chi connectivity index (χ0) is 21.0. The number of rotatable bonds is 16. The quantitative estimate of drug-likeness (QED) is 0.103. The molecule has 11 N–H and O–H groups in total. The molecule has 0 radical (unpaired) electrons. The van der Waals surface area contributed by atoms with Gasteiger partial charge in [-0.2, -0.15) is 0 Å². The molecule has 0 aliphatic carbocycles. The Morgan fingerprint density at radius 1 is 0.433 bits per heavy atom. The number of carboxylic acid groups (broad SMARTS) is 5. The standard InChI is InChI=1S/C14H23N3O10.2H3N.Ru/c18-10(19)5-15(1-3-16(6-11(20)21)7-12(22)23)2-4-17(8-13(24)25)9-14(26)27;;;/h1-9H2,(H,18,19)(H,20,21)(H,22,23)(H,24,25)(H,26,27);2*1H3;. The molecule has 178 valence electrons. The number of nitrogens with zero attached hydrogens (tertiary/aromatic N) is 3. The molecular formula is C14H29N5O10Ru. The van der Waals surface area contributed by atoms with E-state index in [1.54, 1.807) is 0 Å². The van der Waals surface area contributed by atoms with Crippen molar-refractivity contribution < 1.29 is 69.0 Å². The average Bonchev–Trinajstić information content (AvgIpc) is 2.46. The zero-order valence-corrected chi connectivity index (χ0v) is 18.0. The molecule has 0 unspecified atom stereocenters. The molecular weight excluding hydrogens is 499 g/mol. The van der Waals surface area contributed by atoms with Crippen LogP contribution >= 0.6 is 0 Å². The molecule has 15 nitrogen and oxygen atoms in total. The Balaban J connectivity index is -0.00000113. The fraction of sp³-hybridized carbons (Fsp3) is 0.643. The summed E-state index contributed by atoms with van der Waals surface area (Å²) in [6.45, 7) is -2.74. The van der Waals surface area contributed by atoms with Crippen LogP contribution in [0.25, 0.3) is 0 Å². The third kappa shape index (κ3) is 20.5. The van der Waals surface area contributed by atoms with E-state index in [0.29, 0.717) is 0 Å². The molecule has 30 heavy (non-hydrogen) atoms. The zero-order valence-electron chi connectivity index (χ0n) is 16.3. The largest absolute Gasteiger partial charge is 0.480 e. The van der Waals surface area contributed by atoms with Gasteiger partial charge in [-0.3, -0.25) is 38.7 Å². The Morgan fingerprint density at radius 2 is 0.600 bits per heavy atom. The summed E-state index contributed by atoms with van der Waals surface area (Å²) in [5.41, 5.74) is 0. The number of carboxylic acids is 5. The minimum absolute atomic E-state index is 0. The van der Waals surface area contributed by atoms with E-state index in [-0.39, 0.29) is 58.0 Å². The molecule has 0 aliphatic rings. The molecule has 0 aromatic carbocycles. The number of hydrogen-bond acceptors (Lipinski definition) is 10. The van der Waals surface area contributed by atoms with Crippen LogP contribution in [0.15, 0.2) is 0 Å². The maximum absolute atomic E-state index is 11.0. The third-order valence-electron chi connectivity index (χ3n) is 3.26. The van der Waals surface area contributed by atoms with Crippen LogP contribution in [0, 0.1) is 0 Å². The molecule has 0 aromatic rings. The van der Waals surface area contributed by atoms with Gasteiger partial charge < -0.3 is 37.8 Å². The summed E-state index contributed by atoms with van der Waals surface area (Å²) in [5.74, 6) is -6.16. The normalized spacial score (nSPS) is 9.97. The first-order chi connectivity index (χ1) is 12.5. The summed E-state index contributed by atoms with van der Waals surface area (Å²) in [5, 5.41) is 44.1. The van der Waals surface area contributed by atoms with E-state index in [2.05, 4.69) is 0 Å². The monoisotopic (exact) mass is 529 g/mol. The summed E-state index contributed by atoms with van der Waals surface area (Å²) >= 11 is 0. The summed E-state index contributed by atoms with van der Waals surface area (Å²) in [6.07, 6.45) is 0. The van der Waals surface area contributed by atoms with Gasteiger partial charge in [-0.15, -0.1) is 0 Å². The molecule has 0 aliphatic heterocycles. The molecule has 0 rings (SSSR count). The van der Waals surface area contributed by atoms with Crippen molar-refractivity contribution in [1.82, 2.24) is 27.0 Å². The van der Waals surface area contributed by atoms with Gasteiger partial charge in [0.25, 0.3) is 0 Å². The first-order valence-electron chi connectivity index (χ1n) is 7.75. The van der Waals surface area contributed by atoms with Crippen molar-refractivity contribution in [2.75, 3.05) is 58.9 Å². The Bertz CT molecular complexity index is 493. The van der Waals surface area contributed by atoms with Crippen LogP contribution in [0.5, 0.6) is 0 Å². The van der Waals surface area contributed by atoms with Gasteiger partial charge in [0.15, 0.2) is 0 Å². The molecule has 0 saturated carbocycles. The minimum atomic E-state index is -1.24. The van der Waals surface area contributed by atoms with Crippen molar-refractivity contribution in [3.63, 3.8) is 0 Å². The van der Waals surface area contributed by atoms with Crippen molar-refractivity contribution in [1.29, 1.82) is 0 Å². The van der Waals surface area contributed by atoms with E-state index in [4.69, 9.17) is 25.5 Å². The van der Waals surface area contributed by atoms with Crippen molar-refractivity contribution in [2.45, 2.75) is 0 Å². The van der Waals surface area contributed by atoms with Crippen molar-refractivity contribution in [3.8, 4) is 0 Å². The maximum Gasteiger partial charge on any atom is 0.317 e. The third-order valence-corrected chi connectivity index (χ3v) is 3.26.